The second kappa shape index (κ2) is 10.6. The SMILES string of the molecule is COc1ccc(NC(=O)CC2SC(=NS(=O)(=O)c3ccc(Br)cc3)N(c3ccccc3)C2=O)cc1. The van der Waals surface area contributed by atoms with Crippen molar-refractivity contribution in [2.45, 2.75) is 16.6 Å². The number of methoxy groups -OCH3 is 1. The van der Waals surface area contributed by atoms with Crippen LogP contribution in [0, 0.1) is 0 Å². The predicted molar refractivity (Wildman–Crippen MR) is 140 cm³/mol. The fraction of sp³-hybridized carbons (Fsp3) is 0.125. The van der Waals surface area contributed by atoms with E-state index in [9.17, 15) is 18.0 Å². The minimum Gasteiger partial charge on any atom is -0.497 e. The molecule has 11 heteroatoms. The number of hydrogen-bond acceptors (Lipinski definition) is 6. The highest BCUT2D eigenvalue weighted by molar-refractivity contribution is 9.10. The number of thioether (sulfide) groups is 1. The van der Waals surface area contributed by atoms with Crippen LogP contribution in [0.3, 0.4) is 0 Å². The molecule has 1 aliphatic heterocycles. The molecular weight excluding hydrogens is 554 g/mol. The van der Waals surface area contributed by atoms with Gasteiger partial charge in [-0.3, -0.25) is 14.5 Å². The summed E-state index contributed by atoms with van der Waals surface area (Å²) in [5, 5.41) is 1.90. The number of halogens is 1. The van der Waals surface area contributed by atoms with Gasteiger partial charge >= 0.3 is 0 Å². The number of amidine groups is 1. The molecule has 1 fully saturated rings. The lowest BCUT2D eigenvalue weighted by molar-refractivity contribution is -0.121. The molecule has 0 radical (unpaired) electrons. The quantitative estimate of drug-likeness (QED) is 0.440. The number of nitrogens with one attached hydrogen (secondary N) is 1. The first-order valence-corrected chi connectivity index (χ1v) is 13.5. The zero-order chi connectivity index (χ0) is 25.0. The average Bonchev–Trinajstić information content (AvgIpc) is 3.13. The number of carbonyl (C=O) groups excluding carboxylic acids is 2. The Morgan fingerprint density at radius 1 is 1.06 bits per heavy atom. The molecule has 4 rings (SSSR count). The monoisotopic (exact) mass is 573 g/mol. The first-order valence-electron chi connectivity index (χ1n) is 10.4. The van der Waals surface area contributed by atoms with E-state index < -0.39 is 21.2 Å². The summed E-state index contributed by atoms with van der Waals surface area (Å²) in [6.07, 6.45) is -0.157. The van der Waals surface area contributed by atoms with Crippen molar-refractivity contribution in [2.75, 3.05) is 17.3 Å². The van der Waals surface area contributed by atoms with Crippen LogP contribution in [-0.4, -0.2) is 37.8 Å². The van der Waals surface area contributed by atoms with Gasteiger partial charge in [-0.25, -0.2) is 0 Å². The Morgan fingerprint density at radius 3 is 2.34 bits per heavy atom. The molecule has 35 heavy (non-hydrogen) atoms. The minimum absolute atomic E-state index is 0.00467. The van der Waals surface area contributed by atoms with Crippen LogP contribution in [0.2, 0.25) is 0 Å². The Hall–Kier alpha value is -3.15. The van der Waals surface area contributed by atoms with Crippen LogP contribution >= 0.6 is 27.7 Å². The topological polar surface area (TPSA) is 105 Å². The molecule has 0 spiro atoms. The summed E-state index contributed by atoms with van der Waals surface area (Å²) in [6.45, 7) is 0. The molecule has 3 aromatic rings. The summed E-state index contributed by atoms with van der Waals surface area (Å²) in [5.74, 6) is -0.155. The third-order valence-electron chi connectivity index (χ3n) is 5.00. The first kappa shape index (κ1) is 25.0. The molecule has 8 nitrogen and oxygen atoms in total. The predicted octanol–water partition coefficient (Wildman–Crippen LogP) is 4.68. The molecule has 0 aromatic heterocycles. The highest BCUT2D eigenvalue weighted by Crippen LogP contribution is 2.35. The van der Waals surface area contributed by atoms with E-state index >= 15 is 0 Å². The molecule has 1 saturated heterocycles. The van der Waals surface area contributed by atoms with Crippen LogP contribution in [0.15, 0.2) is 92.6 Å². The zero-order valence-corrected chi connectivity index (χ0v) is 21.6. The van der Waals surface area contributed by atoms with Gasteiger partial charge in [-0.2, -0.15) is 8.42 Å². The Balaban J connectivity index is 1.59. The van der Waals surface area contributed by atoms with Crippen LogP contribution in [0.5, 0.6) is 5.75 Å². The maximum Gasteiger partial charge on any atom is 0.284 e. The standard InChI is InChI=1S/C24H20BrN3O5S2/c1-33-19-11-9-17(10-12-19)26-22(29)15-21-23(30)28(18-5-3-2-4-6-18)24(34-21)27-35(31,32)20-13-7-16(25)8-14-20/h2-14,21H,15H2,1H3,(H,26,29). The number of ether oxygens (including phenoxy) is 1. The number of para-hydroxylation sites is 1. The van der Waals surface area contributed by atoms with E-state index in [-0.39, 0.29) is 22.4 Å². The van der Waals surface area contributed by atoms with Crippen LogP contribution in [0.25, 0.3) is 0 Å². The lowest BCUT2D eigenvalue weighted by Gasteiger charge is -2.16. The lowest BCUT2D eigenvalue weighted by atomic mass is 10.2. The van der Waals surface area contributed by atoms with Gasteiger partial charge in [0.1, 0.15) is 11.0 Å². The summed E-state index contributed by atoms with van der Waals surface area (Å²) in [4.78, 5) is 27.2. The highest BCUT2D eigenvalue weighted by atomic mass is 79.9. The molecule has 1 N–H and O–H groups in total. The van der Waals surface area contributed by atoms with Crippen molar-refractivity contribution >= 4 is 66.1 Å². The van der Waals surface area contributed by atoms with E-state index in [4.69, 9.17) is 4.74 Å². The molecule has 1 heterocycles. The summed E-state index contributed by atoms with van der Waals surface area (Å²) >= 11 is 4.23. The minimum atomic E-state index is -4.09. The molecule has 0 aliphatic carbocycles. The van der Waals surface area contributed by atoms with E-state index in [0.29, 0.717) is 17.1 Å². The molecule has 180 valence electrons. The van der Waals surface area contributed by atoms with Crippen LogP contribution in [-0.2, 0) is 19.6 Å². The number of sulfonamides is 1. The van der Waals surface area contributed by atoms with Crippen LogP contribution in [0.4, 0.5) is 11.4 Å². The van der Waals surface area contributed by atoms with Gasteiger partial charge in [0.25, 0.3) is 10.0 Å². The fourth-order valence-corrected chi connectivity index (χ4v) is 5.89. The molecule has 1 aliphatic rings. The van der Waals surface area contributed by atoms with E-state index in [0.717, 1.165) is 16.2 Å². The van der Waals surface area contributed by atoms with E-state index in [1.165, 1.54) is 17.0 Å². The van der Waals surface area contributed by atoms with Gasteiger partial charge in [-0.1, -0.05) is 45.9 Å². The van der Waals surface area contributed by atoms with E-state index in [1.54, 1.807) is 73.8 Å². The van der Waals surface area contributed by atoms with Crippen molar-refractivity contribution < 1.29 is 22.7 Å². The molecule has 0 saturated carbocycles. The Bertz CT molecular complexity index is 1360. The van der Waals surface area contributed by atoms with Crippen molar-refractivity contribution in [3.63, 3.8) is 0 Å². The second-order valence-corrected chi connectivity index (χ2v) is 11.1. The summed E-state index contributed by atoms with van der Waals surface area (Å²) in [6, 6.07) is 21.5. The molecule has 3 aromatic carbocycles. The molecule has 1 unspecified atom stereocenters. The zero-order valence-electron chi connectivity index (χ0n) is 18.4. The van der Waals surface area contributed by atoms with Gasteiger partial charge in [-0.05, 0) is 60.7 Å². The Kier molecular flexibility index (Phi) is 7.58. The number of rotatable bonds is 7. The number of amides is 2. The number of hydrogen-bond donors (Lipinski definition) is 1. The van der Waals surface area contributed by atoms with Gasteiger partial charge in [-0.15, -0.1) is 4.40 Å². The van der Waals surface area contributed by atoms with Gasteiger partial charge in [0.2, 0.25) is 11.8 Å². The van der Waals surface area contributed by atoms with Gasteiger partial charge < -0.3 is 10.1 Å². The van der Waals surface area contributed by atoms with Crippen molar-refractivity contribution in [2.24, 2.45) is 4.40 Å². The van der Waals surface area contributed by atoms with Gasteiger partial charge in [0, 0.05) is 16.6 Å². The maximum atomic E-state index is 13.3. The number of carbonyl (C=O) groups is 2. The third kappa shape index (κ3) is 5.92. The van der Waals surface area contributed by atoms with Crippen LogP contribution < -0.4 is 15.0 Å². The van der Waals surface area contributed by atoms with Crippen molar-refractivity contribution in [1.29, 1.82) is 0 Å². The normalized spacial score (nSPS) is 17.0. The summed E-state index contributed by atoms with van der Waals surface area (Å²) in [5.41, 5.74) is 1.02. The Morgan fingerprint density at radius 2 is 1.71 bits per heavy atom. The first-order chi connectivity index (χ1) is 16.8. The van der Waals surface area contributed by atoms with Crippen molar-refractivity contribution in [3.05, 3.63) is 83.3 Å². The third-order valence-corrected chi connectivity index (χ3v) is 8.07. The molecule has 0 bridgehead atoms. The summed E-state index contributed by atoms with van der Waals surface area (Å²) < 4.78 is 35.7. The largest absolute Gasteiger partial charge is 0.497 e. The molecule has 2 amide bonds. The maximum absolute atomic E-state index is 13.3. The van der Waals surface area contributed by atoms with Crippen molar-refractivity contribution in [1.82, 2.24) is 0 Å². The average molecular weight is 574 g/mol. The van der Waals surface area contributed by atoms with Gasteiger partial charge in [0.15, 0.2) is 5.17 Å². The smallest absolute Gasteiger partial charge is 0.284 e. The summed E-state index contributed by atoms with van der Waals surface area (Å²) in [7, 11) is -2.55. The number of anilines is 2. The highest BCUT2D eigenvalue weighted by Gasteiger charge is 2.41. The van der Waals surface area contributed by atoms with Crippen molar-refractivity contribution in [3.8, 4) is 5.75 Å². The number of nitrogens with zero attached hydrogens (tertiary/aromatic N) is 2. The molecule has 1 atom stereocenters. The Labute approximate surface area is 215 Å². The van der Waals surface area contributed by atoms with E-state index in [2.05, 4.69) is 25.6 Å². The van der Waals surface area contributed by atoms with Crippen LogP contribution in [0.1, 0.15) is 6.42 Å². The second-order valence-electron chi connectivity index (χ2n) is 7.40. The molecular formula is C24H20BrN3O5S2. The van der Waals surface area contributed by atoms with E-state index in [1.807, 2.05) is 0 Å². The lowest BCUT2D eigenvalue weighted by Crippen LogP contribution is -2.33. The van der Waals surface area contributed by atoms with Gasteiger partial charge in [0.05, 0.1) is 17.7 Å². The fourth-order valence-electron chi connectivity index (χ4n) is 3.29. The number of benzene rings is 3.